The third kappa shape index (κ3) is 3.55. The van der Waals surface area contributed by atoms with Crippen molar-refractivity contribution >= 4 is 5.91 Å². The molecule has 0 radical (unpaired) electrons. The average Bonchev–Trinajstić information content (AvgIpc) is 2.31. The Bertz CT molecular complexity index is 335. The monoisotopic (exact) mass is 223 g/mol. The van der Waals surface area contributed by atoms with E-state index in [2.05, 4.69) is 0 Å². The highest BCUT2D eigenvalue weighted by molar-refractivity contribution is 5.77. The third-order valence-corrected chi connectivity index (χ3v) is 2.21. The fourth-order valence-electron chi connectivity index (χ4n) is 1.26. The Kier molecular flexibility index (Phi) is 4.79. The number of rotatable bonds is 5. The van der Waals surface area contributed by atoms with Crippen molar-refractivity contribution in [1.82, 2.24) is 5.06 Å². The molecule has 0 aliphatic rings. The highest BCUT2D eigenvalue weighted by Gasteiger charge is 2.08. The van der Waals surface area contributed by atoms with Crippen LogP contribution in [0.1, 0.15) is 12.5 Å². The number of carbonyl (C=O) groups excluding carboxylic acids is 1. The molecule has 0 heterocycles. The van der Waals surface area contributed by atoms with E-state index in [-0.39, 0.29) is 5.91 Å². The molecular weight excluding hydrogens is 206 g/mol. The van der Waals surface area contributed by atoms with Crippen LogP contribution in [0.25, 0.3) is 0 Å². The first kappa shape index (κ1) is 12.5. The molecule has 4 nitrogen and oxygen atoms in total. The lowest BCUT2D eigenvalue weighted by Crippen LogP contribution is -2.26. The molecule has 0 atom stereocenters. The summed E-state index contributed by atoms with van der Waals surface area (Å²) in [6, 6.07) is 7.48. The molecule has 1 rings (SSSR count). The first-order valence-electron chi connectivity index (χ1n) is 5.19. The molecule has 0 N–H and O–H groups in total. The van der Waals surface area contributed by atoms with E-state index in [0.717, 1.165) is 11.3 Å². The summed E-state index contributed by atoms with van der Waals surface area (Å²) in [4.78, 5) is 16.3. The van der Waals surface area contributed by atoms with Crippen LogP contribution in [-0.4, -0.2) is 31.7 Å². The van der Waals surface area contributed by atoms with Gasteiger partial charge in [-0.2, -0.15) is 0 Å². The highest BCUT2D eigenvalue weighted by Crippen LogP contribution is 2.12. The smallest absolute Gasteiger partial charge is 0.250 e. The van der Waals surface area contributed by atoms with Crippen molar-refractivity contribution < 1.29 is 14.4 Å². The Hall–Kier alpha value is -1.55. The van der Waals surface area contributed by atoms with E-state index in [1.165, 1.54) is 12.2 Å². The van der Waals surface area contributed by atoms with Crippen LogP contribution in [0, 0.1) is 0 Å². The normalized spacial score (nSPS) is 9.94. The molecule has 4 heteroatoms. The second-order valence-electron chi connectivity index (χ2n) is 3.33. The van der Waals surface area contributed by atoms with Crippen LogP contribution in [-0.2, 0) is 16.1 Å². The Balaban J connectivity index is 2.58. The van der Waals surface area contributed by atoms with E-state index in [9.17, 15) is 4.79 Å². The van der Waals surface area contributed by atoms with Crippen LogP contribution in [0.3, 0.4) is 0 Å². The van der Waals surface area contributed by atoms with Crippen LogP contribution < -0.4 is 4.74 Å². The van der Waals surface area contributed by atoms with Crippen LogP contribution in [0.4, 0.5) is 0 Å². The van der Waals surface area contributed by atoms with Crippen molar-refractivity contribution in [3.63, 3.8) is 0 Å². The Morgan fingerprint density at radius 2 is 1.94 bits per heavy atom. The molecule has 1 aromatic carbocycles. The summed E-state index contributed by atoms with van der Waals surface area (Å²) < 4.78 is 5.31. The molecule has 16 heavy (non-hydrogen) atoms. The zero-order chi connectivity index (χ0) is 12.0. The van der Waals surface area contributed by atoms with E-state index < -0.39 is 0 Å². The van der Waals surface area contributed by atoms with Crippen LogP contribution in [0.5, 0.6) is 5.75 Å². The van der Waals surface area contributed by atoms with E-state index >= 15 is 0 Å². The van der Waals surface area contributed by atoms with Crippen LogP contribution in [0.15, 0.2) is 24.3 Å². The second-order valence-corrected chi connectivity index (χ2v) is 3.33. The summed E-state index contributed by atoms with van der Waals surface area (Å²) in [7, 11) is 3.06. The minimum atomic E-state index is -0.0772. The first-order valence-corrected chi connectivity index (χ1v) is 5.19. The van der Waals surface area contributed by atoms with Crippen molar-refractivity contribution in [2.45, 2.75) is 13.3 Å². The maximum atomic E-state index is 11.5. The van der Waals surface area contributed by atoms with Crippen molar-refractivity contribution in [2.24, 2.45) is 0 Å². The number of ether oxygens (including phenoxy) is 1. The van der Waals surface area contributed by atoms with Gasteiger partial charge in [-0.3, -0.25) is 9.63 Å². The topological polar surface area (TPSA) is 38.8 Å². The molecule has 0 unspecified atom stereocenters. The number of nitrogens with zero attached hydrogens (tertiary/aromatic N) is 1. The van der Waals surface area contributed by atoms with Crippen molar-refractivity contribution in [2.75, 3.05) is 20.8 Å². The molecule has 0 spiro atoms. The maximum absolute atomic E-state index is 11.5. The summed E-state index contributed by atoms with van der Waals surface area (Å²) in [6.45, 7) is 2.58. The minimum absolute atomic E-state index is 0.0772. The van der Waals surface area contributed by atoms with E-state index in [0.29, 0.717) is 13.0 Å². The van der Waals surface area contributed by atoms with Gasteiger partial charge in [0.05, 0.1) is 20.1 Å². The number of hydrogen-bond donors (Lipinski definition) is 0. The third-order valence-electron chi connectivity index (χ3n) is 2.21. The van der Waals surface area contributed by atoms with Gasteiger partial charge in [-0.1, -0.05) is 12.1 Å². The molecule has 0 aliphatic heterocycles. The van der Waals surface area contributed by atoms with Gasteiger partial charge < -0.3 is 4.74 Å². The van der Waals surface area contributed by atoms with Gasteiger partial charge in [0, 0.05) is 7.05 Å². The molecule has 0 bridgehead atoms. The lowest BCUT2D eigenvalue weighted by Gasteiger charge is -2.13. The quantitative estimate of drug-likeness (QED) is 0.712. The number of carbonyl (C=O) groups is 1. The van der Waals surface area contributed by atoms with Gasteiger partial charge in [0.1, 0.15) is 5.75 Å². The number of likely N-dealkylation sites (N-methyl/N-ethyl adjacent to an activating group) is 1. The summed E-state index contributed by atoms with van der Waals surface area (Å²) >= 11 is 0. The molecule has 0 fully saturated rings. The second kappa shape index (κ2) is 6.12. The van der Waals surface area contributed by atoms with Crippen molar-refractivity contribution in [3.05, 3.63) is 29.8 Å². The molecule has 0 saturated heterocycles. The van der Waals surface area contributed by atoms with E-state index in [1.54, 1.807) is 7.05 Å². The molecule has 0 aromatic heterocycles. The van der Waals surface area contributed by atoms with Crippen molar-refractivity contribution in [3.8, 4) is 5.75 Å². The highest BCUT2D eigenvalue weighted by atomic mass is 16.7. The van der Waals surface area contributed by atoms with Gasteiger partial charge in [0.15, 0.2) is 0 Å². The zero-order valence-electron chi connectivity index (χ0n) is 9.90. The lowest BCUT2D eigenvalue weighted by molar-refractivity contribution is -0.167. The molecule has 0 saturated carbocycles. The number of amides is 1. The summed E-state index contributed by atoms with van der Waals surface area (Å²) in [6.07, 6.45) is 0.330. The standard InChI is InChI=1S/C12H17NO3/c1-4-16-11-7-5-10(6-8-11)9-12(14)13(2)15-3/h5-8H,4,9H2,1-3H3. The Morgan fingerprint density at radius 1 is 1.31 bits per heavy atom. The molecule has 0 aliphatic carbocycles. The fourth-order valence-corrected chi connectivity index (χ4v) is 1.26. The minimum Gasteiger partial charge on any atom is -0.494 e. The summed E-state index contributed by atoms with van der Waals surface area (Å²) in [5.74, 6) is 0.741. The SMILES string of the molecule is CCOc1ccc(CC(=O)N(C)OC)cc1. The van der Waals surface area contributed by atoms with Gasteiger partial charge in [0.25, 0.3) is 0 Å². The fraction of sp³-hybridized carbons (Fsp3) is 0.417. The predicted molar refractivity (Wildman–Crippen MR) is 61.1 cm³/mol. The summed E-state index contributed by atoms with van der Waals surface area (Å²) in [5, 5.41) is 1.22. The largest absolute Gasteiger partial charge is 0.494 e. The number of hydroxylamine groups is 2. The predicted octanol–water partition coefficient (Wildman–Crippen LogP) is 1.65. The number of benzene rings is 1. The van der Waals surface area contributed by atoms with Gasteiger partial charge >= 0.3 is 0 Å². The first-order chi connectivity index (χ1) is 7.67. The van der Waals surface area contributed by atoms with Crippen molar-refractivity contribution in [1.29, 1.82) is 0 Å². The summed E-state index contributed by atoms with van der Waals surface area (Å²) in [5.41, 5.74) is 0.942. The Labute approximate surface area is 95.7 Å². The van der Waals surface area contributed by atoms with Crippen LogP contribution >= 0.6 is 0 Å². The van der Waals surface area contributed by atoms with E-state index in [4.69, 9.17) is 9.57 Å². The molecule has 1 aromatic rings. The maximum Gasteiger partial charge on any atom is 0.250 e. The molecular formula is C12H17NO3. The van der Waals surface area contributed by atoms with Gasteiger partial charge in [-0.05, 0) is 24.6 Å². The zero-order valence-corrected chi connectivity index (χ0v) is 9.90. The van der Waals surface area contributed by atoms with Crippen LogP contribution in [0.2, 0.25) is 0 Å². The molecule has 1 amide bonds. The lowest BCUT2D eigenvalue weighted by atomic mass is 10.1. The van der Waals surface area contributed by atoms with Gasteiger partial charge in [-0.25, -0.2) is 5.06 Å². The van der Waals surface area contributed by atoms with Gasteiger partial charge in [-0.15, -0.1) is 0 Å². The van der Waals surface area contributed by atoms with Gasteiger partial charge in [0.2, 0.25) is 5.91 Å². The van der Waals surface area contributed by atoms with E-state index in [1.807, 2.05) is 31.2 Å². The Morgan fingerprint density at radius 3 is 2.44 bits per heavy atom. The average molecular weight is 223 g/mol. The number of hydrogen-bond acceptors (Lipinski definition) is 3. The molecule has 88 valence electrons.